The Hall–Kier alpha value is -0.850. The number of halogens is 2. The van der Waals surface area contributed by atoms with Crippen molar-refractivity contribution in [2.75, 3.05) is 39.8 Å². The van der Waals surface area contributed by atoms with Gasteiger partial charge in [0.15, 0.2) is 0 Å². The monoisotopic (exact) mass is 430 g/mol. The highest BCUT2D eigenvalue weighted by atomic mass is 35.5. The van der Waals surface area contributed by atoms with Gasteiger partial charge >= 0.3 is 0 Å². The first-order chi connectivity index (χ1) is 12.7. The summed E-state index contributed by atoms with van der Waals surface area (Å²) in [6.45, 7) is 5.96. The van der Waals surface area contributed by atoms with Gasteiger partial charge in [-0.2, -0.15) is 0 Å². The first-order valence-electron chi connectivity index (χ1n) is 10.2. The van der Waals surface area contributed by atoms with E-state index in [2.05, 4.69) is 34.3 Å². The van der Waals surface area contributed by atoms with E-state index in [0.717, 1.165) is 38.3 Å². The van der Waals surface area contributed by atoms with Crippen LogP contribution in [-0.2, 0) is 6.54 Å². The Morgan fingerprint density at radius 2 is 1.68 bits per heavy atom. The maximum Gasteiger partial charge on any atom is 0.251 e. The molecule has 3 rings (SSSR count). The van der Waals surface area contributed by atoms with Crippen LogP contribution in [0.5, 0.6) is 0 Å². The fraction of sp³-hybridized carbons (Fsp3) is 0.667. The Morgan fingerprint density at radius 1 is 1.07 bits per heavy atom. The fourth-order valence-corrected chi connectivity index (χ4v) is 4.18. The third kappa shape index (κ3) is 7.20. The molecule has 0 spiro atoms. The molecule has 3 N–H and O–H groups in total. The first kappa shape index (κ1) is 25.2. The standard InChI is InChI=1S/C21H34N4O.2ClH/c1-24-11-13-25(14-12-24)16-17-7-9-19(10-8-17)21(26)23-20(15-22)18-5-3-2-4-6-18;;/h7-10,18,20H,2-6,11-16,22H2,1H3,(H,23,26);2*1H. The molecule has 160 valence electrons. The number of likely N-dealkylation sites (N-methyl/N-ethyl adjacent to an activating group) is 1. The van der Waals surface area contributed by atoms with Crippen molar-refractivity contribution in [1.82, 2.24) is 15.1 Å². The lowest BCUT2D eigenvalue weighted by molar-refractivity contribution is 0.0915. The maximum atomic E-state index is 12.6. The summed E-state index contributed by atoms with van der Waals surface area (Å²) in [7, 11) is 2.17. The van der Waals surface area contributed by atoms with Gasteiger partial charge in [0.1, 0.15) is 0 Å². The molecule has 7 heteroatoms. The molecule has 2 aliphatic rings. The van der Waals surface area contributed by atoms with Crippen molar-refractivity contribution < 1.29 is 4.79 Å². The van der Waals surface area contributed by atoms with Crippen LogP contribution < -0.4 is 11.1 Å². The van der Waals surface area contributed by atoms with Gasteiger partial charge in [0.2, 0.25) is 0 Å². The first-order valence-corrected chi connectivity index (χ1v) is 10.2. The van der Waals surface area contributed by atoms with Crippen LogP contribution in [0.3, 0.4) is 0 Å². The SMILES string of the molecule is CN1CCN(Cc2ccc(C(=O)NC(CN)C3CCCCC3)cc2)CC1.Cl.Cl. The highest BCUT2D eigenvalue weighted by Gasteiger charge is 2.24. The third-order valence-corrected chi connectivity index (χ3v) is 6.01. The molecule has 2 fully saturated rings. The van der Waals surface area contributed by atoms with E-state index in [-0.39, 0.29) is 36.8 Å². The molecule has 1 unspecified atom stereocenters. The van der Waals surface area contributed by atoms with Crippen molar-refractivity contribution in [2.45, 2.75) is 44.7 Å². The highest BCUT2D eigenvalue weighted by Crippen LogP contribution is 2.26. The Labute approximate surface area is 182 Å². The Balaban J connectivity index is 0.00000196. The zero-order valence-corrected chi connectivity index (χ0v) is 18.6. The molecule has 1 aromatic carbocycles. The summed E-state index contributed by atoms with van der Waals surface area (Å²) in [5, 5.41) is 3.18. The molecule has 5 nitrogen and oxygen atoms in total. The van der Waals surface area contributed by atoms with Crippen LogP contribution in [-0.4, -0.2) is 61.5 Å². The molecule has 28 heavy (non-hydrogen) atoms. The molecule has 1 saturated heterocycles. The summed E-state index contributed by atoms with van der Waals surface area (Å²) in [6, 6.07) is 8.19. The predicted octanol–water partition coefficient (Wildman–Crippen LogP) is 2.92. The number of hydrogen-bond donors (Lipinski definition) is 2. The summed E-state index contributed by atoms with van der Waals surface area (Å²) < 4.78 is 0. The number of carbonyl (C=O) groups excluding carboxylic acids is 1. The molecule has 1 aliphatic carbocycles. The van der Waals surface area contributed by atoms with Crippen LogP contribution in [0.4, 0.5) is 0 Å². The van der Waals surface area contributed by atoms with E-state index in [9.17, 15) is 4.79 Å². The normalized spacial score (nSPS) is 19.9. The van der Waals surface area contributed by atoms with Gasteiger partial charge in [-0.25, -0.2) is 0 Å². The zero-order valence-electron chi connectivity index (χ0n) is 16.9. The molecule has 0 bridgehead atoms. The number of piperazine rings is 1. The second kappa shape index (κ2) is 12.7. The van der Waals surface area contributed by atoms with E-state index < -0.39 is 0 Å². The van der Waals surface area contributed by atoms with Crippen LogP contribution in [0.2, 0.25) is 0 Å². The zero-order chi connectivity index (χ0) is 18.4. The quantitative estimate of drug-likeness (QED) is 0.727. The molecule has 1 amide bonds. The predicted molar refractivity (Wildman–Crippen MR) is 121 cm³/mol. The number of nitrogens with two attached hydrogens (primary N) is 1. The van der Waals surface area contributed by atoms with Crippen molar-refractivity contribution >= 4 is 30.7 Å². The molecular weight excluding hydrogens is 395 g/mol. The molecular formula is C21H36Cl2N4O. The lowest BCUT2D eigenvalue weighted by Crippen LogP contribution is -2.45. The molecule has 1 heterocycles. The van der Waals surface area contributed by atoms with Crippen molar-refractivity contribution in [3.05, 3.63) is 35.4 Å². The molecule has 1 saturated carbocycles. The molecule has 1 aromatic rings. The average molecular weight is 431 g/mol. The Morgan fingerprint density at radius 3 is 2.25 bits per heavy atom. The average Bonchev–Trinajstić information content (AvgIpc) is 2.69. The number of benzene rings is 1. The lowest BCUT2D eigenvalue weighted by Gasteiger charge is -2.32. The lowest BCUT2D eigenvalue weighted by atomic mass is 9.84. The van der Waals surface area contributed by atoms with Crippen molar-refractivity contribution in [3.63, 3.8) is 0 Å². The van der Waals surface area contributed by atoms with E-state index in [1.165, 1.54) is 37.7 Å². The van der Waals surface area contributed by atoms with Crippen LogP contribution in [0.15, 0.2) is 24.3 Å². The van der Waals surface area contributed by atoms with Gasteiger partial charge in [0.25, 0.3) is 5.91 Å². The molecule has 1 aliphatic heterocycles. The van der Waals surface area contributed by atoms with E-state index >= 15 is 0 Å². The second-order valence-electron chi connectivity index (χ2n) is 7.99. The van der Waals surface area contributed by atoms with Crippen molar-refractivity contribution in [1.29, 1.82) is 0 Å². The van der Waals surface area contributed by atoms with Gasteiger partial charge in [-0.3, -0.25) is 9.69 Å². The Bertz CT molecular complexity index is 570. The van der Waals surface area contributed by atoms with Gasteiger partial charge in [0, 0.05) is 50.9 Å². The minimum absolute atomic E-state index is 0. The summed E-state index contributed by atoms with van der Waals surface area (Å²) in [5.74, 6) is 0.548. The number of hydrogen-bond acceptors (Lipinski definition) is 4. The number of amides is 1. The van der Waals surface area contributed by atoms with Crippen LogP contribution in [0, 0.1) is 5.92 Å². The fourth-order valence-electron chi connectivity index (χ4n) is 4.18. The van der Waals surface area contributed by atoms with Crippen LogP contribution in [0.1, 0.15) is 48.0 Å². The third-order valence-electron chi connectivity index (χ3n) is 6.01. The highest BCUT2D eigenvalue weighted by molar-refractivity contribution is 5.94. The summed E-state index contributed by atoms with van der Waals surface area (Å²) in [4.78, 5) is 17.5. The van der Waals surface area contributed by atoms with Gasteiger partial charge < -0.3 is 16.0 Å². The molecule has 1 atom stereocenters. The van der Waals surface area contributed by atoms with Crippen LogP contribution in [0.25, 0.3) is 0 Å². The van der Waals surface area contributed by atoms with Crippen LogP contribution >= 0.6 is 24.8 Å². The Kier molecular flexibility index (Phi) is 11.4. The number of nitrogens with one attached hydrogen (secondary N) is 1. The topological polar surface area (TPSA) is 61.6 Å². The van der Waals surface area contributed by atoms with E-state index in [0.29, 0.717) is 12.5 Å². The minimum atomic E-state index is 0. The summed E-state index contributed by atoms with van der Waals surface area (Å²) in [5.41, 5.74) is 7.95. The number of nitrogens with zero attached hydrogens (tertiary/aromatic N) is 2. The maximum absolute atomic E-state index is 12.6. The minimum Gasteiger partial charge on any atom is -0.348 e. The number of rotatable bonds is 6. The van der Waals surface area contributed by atoms with E-state index in [4.69, 9.17) is 5.73 Å². The summed E-state index contributed by atoms with van der Waals surface area (Å²) >= 11 is 0. The van der Waals surface area contributed by atoms with Gasteiger partial charge in [-0.05, 0) is 43.5 Å². The molecule has 0 radical (unpaired) electrons. The van der Waals surface area contributed by atoms with Crippen molar-refractivity contribution in [2.24, 2.45) is 11.7 Å². The van der Waals surface area contributed by atoms with Crippen molar-refractivity contribution in [3.8, 4) is 0 Å². The smallest absolute Gasteiger partial charge is 0.251 e. The second-order valence-corrected chi connectivity index (χ2v) is 7.99. The van der Waals surface area contributed by atoms with Gasteiger partial charge in [0.05, 0.1) is 0 Å². The number of carbonyl (C=O) groups is 1. The van der Waals surface area contributed by atoms with E-state index in [1.807, 2.05) is 12.1 Å². The van der Waals surface area contributed by atoms with Gasteiger partial charge in [-0.15, -0.1) is 24.8 Å². The molecule has 0 aromatic heterocycles. The van der Waals surface area contributed by atoms with E-state index in [1.54, 1.807) is 0 Å². The van der Waals surface area contributed by atoms with Gasteiger partial charge in [-0.1, -0.05) is 31.4 Å². The summed E-state index contributed by atoms with van der Waals surface area (Å²) in [6.07, 6.45) is 6.21. The largest absolute Gasteiger partial charge is 0.348 e.